The summed E-state index contributed by atoms with van der Waals surface area (Å²) in [7, 11) is 0. The van der Waals surface area contributed by atoms with Gasteiger partial charge >= 0.3 is 0 Å². The Bertz CT molecular complexity index is 3210. The molecule has 2 heterocycles. The number of fused-ring (bicyclic) bond motifs is 4. The number of hydrogen-bond acceptors (Lipinski definition) is 4. The second kappa shape index (κ2) is 16.3. The van der Waals surface area contributed by atoms with Gasteiger partial charge in [0.2, 0.25) is 11.8 Å². The fourth-order valence-electron chi connectivity index (χ4n) is 10.0. The van der Waals surface area contributed by atoms with Crippen molar-refractivity contribution < 1.29 is 4.42 Å². The number of para-hydroxylation sites is 1. The molecule has 310 valence electrons. The van der Waals surface area contributed by atoms with E-state index in [0.717, 1.165) is 29.5 Å². The summed E-state index contributed by atoms with van der Waals surface area (Å²) in [5.74, 6) is 1.70. The molecule has 1 aromatic heterocycles. The van der Waals surface area contributed by atoms with Crippen molar-refractivity contribution in [1.29, 1.82) is 0 Å². The van der Waals surface area contributed by atoms with Crippen LogP contribution in [-0.4, -0.2) is 15.7 Å². The molecule has 64 heavy (non-hydrogen) atoms. The molecule has 0 saturated heterocycles. The van der Waals surface area contributed by atoms with E-state index in [-0.39, 0.29) is 11.5 Å². The van der Waals surface area contributed by atoms with E-state index in [0.29, 0.717) is 17.7 Å². The standard InChI is InChI=1S/C60H49N3O/c1-4-40(2)36-41-26-32-53(52-24-14-13-23-50(52)43-27-29-45(30-28-43)59-62-61-58(64-59)44-17-7-5-8-18-44)54(37-41)47-34-35-60(3)56(39-47)55-38-46(51-25-15-19-42-16-11-12-22-49(42)51)31-33-57(55)63(60)48-20-9-6-10-21-48/h5-35,37-40,56H,4,36H2,1-3H3. The minimum Gasteiger partial charge on any atom is -0.416 e. The first-order chi connectivity index (χ1) is 31.4. The van der Waals surface area contributed by atoms with Crippen LogP contribution in [0.3, 0.4) is 0 Å². The third-order valence-electron chi connectivity index (χ3n) is 13.6. The van der Waals surface area contributed by atoms with Gasteiger partial charge in [0.05, 0.1) is 5.54 Å². The van der Waals surface area contributed by atoms with Crippen LogP contribution in [0.2, 0.25) is 0 Å². The van der Waals surface area contributed by atoms with E-state index in [4.69, 9.17) is 4.42 Å². The lowest BCUT2D eigenvalue weighted by atomic mass is 9.76. The quantitative estimate of drug-likeness (QED) is 0.138. The van der Waals surface area contributed by atoms with Crippen molar-refractivity contribution in [2.45, 2.75) is 45.1 Å². The highest BCUT2D eigenvalue weighted by atomic mass is 16.4. The van der Waals surface area contributed by atoms with Crippen molar-refractivity contribution in [3.8, 4) is 56.3 Å². The van der Waals surface area contributed by atoms with Gasteiger partial charge in [0.1, 0.15) is 0 Å². The fourth-order valence-corrected chi connectivity index (χ4v) is 10.0. The zero-order valence-corrected chi connectivity index (χ0v) is 36.4. The summed E-state index contributed by atoms with van der Waals surface area (Å²) < 4.78 is 6.12. The number of allylic oxidation sites excluding steroid dienone is 2. The summed E-state index contributed by atoms with van der Waals surface area (Å²) in [4.78, 5) is 2.56. The normalized spacial score (nSPS) is 17.0. The van der Waals surface area contributed by atoms with E-state index in [2.05, 4.69) is 212 Å². The van der Waals surface area contributed by atoms with Crippen molar-refractivity contribution in [2.75, 3.05) is 4.90 Å². The van der Waals surface area contributed by atoms with Crippen LogP contribution in [0, 0.1) is 5.92 Å². The van der Waals surface area contributed by atoms with Gasteiger partial charge < -0.3 is 9.32 Å². The average Bonchev–Trinajstić information content (AvgIpc) is 3.95. The van der Waals surface area contributed by atoms with Gasteiger partial charge in [-0.3, -0.25) is 0 Å². The molecule has 4 heteroatoms. The van der Waals surface area contributed by atoms with Crippen LogP contribution in [0.4, 0.5) is 11.4 Å². The van der Waals surface area contributed by atoms with Gasteiger partial charge in [0, 0.05) is 28.4 Å². The predicted molar refractivity (Wildman–Crippen MR) is 265 cm³/mol. The third kappa shape index (κ3) is 6.96. The van der Waals surface area contributed by atoms with Crippen LogP contribution < -0.4 is 4.90 Å². The molecule has 0 amide bonds. The van der Waals surface area contributed by atoms with E-state index < -0.39 is 0 Å². The van der Waals surface area contributed by atoms with Gasteiger partial charge in [-0.1, -0.05) is 178 Å². The highest BCUT2D eigenvalue weighted by Crippen LogP contribution is 2.56. The summed E-state index contributed by atoms with van der Waals surface area (Å²) in [6.07, 6.45) is 9.59. The molecule has 3 unspecified atom stereocenters. The lowest BCUT2D eigenvalue weighted by Crippen LogP contribution is -2.42. The largest absolute Gasteiger partial charge is 0.416 e. The number of aromatic nitrogens is 2. The maximum atomic E-state index is 6.12. The molecule has 0 N–H and O–H groups in total. The molecule has 8 aromatic carbocycles. The molecule has 1 aliphatic heterocycles. The molecule has 9 aromatic rings. The minimum atomic E-state index is -0.320. The molecule has 11 rings (SSSR count). The maximum Gasteiger partial charge on any atom is 0.248 e. The summed E-state index contributed by atoms with van der Waals surface area (Å²) in [5, 5.41) is 11.3. The van der Waals surface area contributed by atoms with Crippen molar-refractivity contribution in [1.82, 2.24) is 10.2 Å². The second-order valence-corrected chi connectivity index (χ2v) is 17.6. The molecule has 0 bridgehead atoms. The van der Waals surface area contributed by atoms with Crippen molar-refractivity contribution in [3.05, 3.63) is 223 Å². The van der Waals surface area contributed by atoms with Gasteiger partial charge in [0.25, 0.3) is 0 Å². The van der Waals surface area contributed by atoms with Crippen molar-refractivity contribution >= 4 is 27.7 Å². The highest BCUT2D eigenvalue weighted by Gasteiger charge is 2.48. The Kier molecular flexibility index (Phi) is 10.0. The van der Waals surface area contributed by atoms with Crippen molar-refractivity contribution in [3.63, 3.8) is 0 Å². The molecule has 2 aliphatic rings. The van der Waals surface area contributed by atoms with Crippen LogP contribution in [0.5, 0.6) is 0 Å². The van der Waals surface area contributed by atoms with Gasteiger partial charge in [-0.25, -0.2) is 0 Å². The number of anilines is 2. The third-order valence-corrected chi connectivity index (χ3v) is 13.6. The molecule has 0 spiro atoms. The van der Waals surface area contributed by atoms with Crippen LogP contribution in [-0.2, 0) is 6.42 Å². The Morgan fingerprint density at radius 3 is 1.98 bits per heavy atom. The molecule has 0 saturated carbocycles. The van der Waals surface area contributed by atoms with Gasteiger partial charge in [-0.05, 0) is 134 Å². The van der Waals surface area contributed by atoms with Gasteiger partial charge in [0.15, 0.2) is 0 Å². The van der Waals surface area contributed by atoms with Crippen molar-refractivity contribution in [2.24, 2.45) is 5.92 Å². The first-order valence-electron chi connectivity index (χ1n) is 22.6. The van der Waals surface area contributed by atoms with E-state index in [1.54, 1.807) is 0 Å². The monoisotopic (exact) mass is 827 g/mol. The Morgan fingerprint density at radius 1 is 0.578 bits per heavy atom. The first-order valence-corrected chi connectivity index (χ1v) is 22.6. The Hall–Kier alpha value is -7.56. The van der Waals surface area contributed by atoms with E-state index in [1.807, 2.05) is 30.3 Å². The van der Waals surface area contributed by atoms with E-state index in [9.17, 15) is 0 Å². The molecular weight excluding hydrogens is 779 g/mol. The number of nitrogens with zero attached hydrogens (tertiary/aromatic N) is 3. The second-order valence-electron chi connectivity index (χ2n) is 17.6. The zero-order chi connectivity index (χ0) is 43.2. The smallest absolute Gasteiger partial charge is 0.248 e. The summed E-state index contributed by atoms with van der Waals surface area (Å²) in [6, 6.07) is 67.8. The van der Waals surface area contributed by atoms with Gasteiger partial charge in [-0.2, -0.15) is 0 Å². The predicted octanol–water partition coefficient (Wildman–Crippen LogP) is 15.8. The summed E-state index contributed by atoms with van der Waals surface area (Å²) >= 11 is 0. The Labute approximate surface area is 375 Å². The fraction of sp³-hybridized carbons (Fsp3) is 0.133. The SMILES string of the molecule is CCC(C)Cc1ccc(-c2ccccc2-c2ccc(-c3nnc(-c4ccccc4)o3)cc2)c(C2=CC3c4cc(-c5cccc6ccccc56)ccc4N(c4ccccc4)C3(C)C=C2)c1. The maximum absolute atomic E-state index is 6.12. The summed E-state index contributed by atoms with van der Waals surface area (Å²) in [5.41, 5.74) is 16.3. The molecule has 0 fully saturated rings. The first kappa shape index (κ1) is 39.3. The lowest BCUT2D eigenvalue weighted by molar-refractivity contribution is 0.544. The summed E-state index contributed by atoms with van der Waals surface area (Å²) in [6.45, 7) is 7.05. The van der Waals surface area contributed by atoms with Gasteiger partial charge in [-0.15, -0.1) is 10.2 Å². The molecule has 4 nitrogen and oxygen atoms in total. The zero-order valence-electron chi connectivity index (χ0n) is 36.4. The topological polar surface area (TPSA) is 42.2 Å². The lowest BCUT2D eigenvalue weighted by Gasteiger charge is -2.40. The number of benzene rings is 8. The number of rotatable bonds is 10. The van der Waals surface area contributed by atoms with Crippen LogP contribution in [0.15, 0.2) is 211 Å². The highest BCUT2D eigenvalue weighted by molar-refractivity contribution is 5.98. The molecule has 0 radical (unpaired) electrons. The molecular formula is C60H49N3O. The Balaban J connectivity index is 1.02. The van der Waals surface area contributed by atoms with Crippen LogP contribution >= 0.6 is 0 Å². The Morgan fingerprint density at radius 2 is 1.20 bits per heavy atom. The van der Waals surface area contributed by atoms with Crippen LogP contribution in [0.25, 0.3) is 72.6 Å². The average molecular weight is 828 g/mol. The molecule has 3 atom stereocenters. The molecule has 1 aliphatic carbocycles. The van der Waals surface area contributed by atoms with Crippen LogP contribution in [0.1, 0.15) is 49.8 Å². The minimum absolute atomic E-state index is 0.0959. The van der Waals surface area contributed by atoms with E-state index in [1.165, 1.54) is 72.2 Å². The number of hydrogen-bond donors (Lipinski definition) is 0. The van der Waals surface area contributed by atoms with E-state index >= 15 is 0 Å².